The summed E-state index contributed by atoms with van der Waals surface area (Å²) in [6.45, 7) is 8.44. The molecule has 2 aliphatic rings. The third-order valence-corrected chi connectivity index (χ3v) is 5.71. The number of ether oxygens (including phenoxy) is 3. The molecule has 2 aromatic rings. The zero-order valence-electron chi connectivity index (χ0n) is 18.0. The van der Waals surface area contributed by atoms with Crippen molar-refractivity contribution in [3.8, 4) is 0 Å². The Morgan fingerprint density at radius 2 is 2.06 bits per heavy atom. The number of carbonyl (C=O) groups excluding carboxylic acids is 1. The molecule has 0 spiro atoms. The number of aryl methyl sites for hydroxylation is 1. The predicted molar refractivity (Wildman–Crippen MR) is 109 cm³/mol. The summed E-state index contributed by atoms with van der Waals surface area (Å²) in [7, 11) is 0. The first kappa shape index (κ1) is 21.5. The van der Waals surface area contributed by atoms with Crippen LogP contribution in [-0.4, -0.2) is 62.5 Å². The van der Waals surface area contributed by atoms with Gasteiger partial charge in [0.15, 0.2) is 5.79 Å². The Bertz CT molecular complexity index is 1090. The monoisotopic (exact) mass is 433 g/mol. The van der Waals surface area contributed by atoms with Gasteiger partial charge in [-0.25, -0.2) is 4.79 Å². The minimum Gasteiger partial charge on any atom is -0.371 e. The summed E-state index contributed by atoms with van der Waals surface area (Å²) >= 11 is 0. The molecule has 0 saturated carbocycles. The van der Waals surface area contributed by atoms with Crippen molar-refractivity contribution in [2.75, 3.05) is 13.2 Å². The Hall–Kier alpha value is -2.76. The van der Waals surface area contributed by atoms with Crippen molar-refractivity contribution in [1.29, 1.82) is 0 Å². The van der Waals surface area contributed by atoms with E-state index in [0.29, 0.717) is 12.1 Å². The van der Waals surface area contributed by atoms with Crippen LogP contribution < -0.4 is 16.6 Å². The lowest BCUT2D eigenvalue weighted by atomic mass is 9.97. The van der Waals surface area contributed by atoms with Crippen LogP contribution in [0.25, 0.3) is 0 Å². The minimum atomic E-state index is -0.881. The Kier molecular flexibility index (Phi) is 5.58. The second-order valence-electron chi connectivity index (χ2n) is 8.19. The molecule has 0 aromatic carbocycles. The molecule has 11 nitrogen and oxygen atoms in total. The molecule has 0 aliphatic carbocycles. The Labute approximate surface area is 178 Å². The van der Waals surface area contributed by atoms with Gasteiger partial charge in [0.2, 0.25) is 0 Å². The van der Waals surface area contributed by atoms with Crippen molar-refractivity contribution in [3.63, 3.8) is 0 Å². The summed E-state index contributed by atoms with van der Waals surface area (Å²) < 4.78 is 21.3. The van der Waals surface area contributed by atoms with Gasteiger partial charge in [0, 0.05) is 31.0 Å². The zero-order chi connectivity index (χ0) is 22.3. The number of aromatic amines is 1. The van der Waals surface area contributed by atoms with Crippen LogP contribution in [-0.2, 0) is 20.8 Å². The molecule has 0 radical (unpaired) electrons. The van der Waals surface area contributed by atoms with Gasteiger partial charge in [0.25, 0.3) is 11.5 Å². The molecule has 2 fully saturated rings. The SMILES string of the molecule is CCn1ncc(C(=O)NC[C@H]2OC[C@@H](n3ccc(=O)[nH]c3=O)[C@@H]3OC(C)(C)O[C@@H]32)c1C. The van der Waals surface area contributed by atoms with Crippen LogP contribution in [0.5, 0.6) is 0 Å². The molecule has 2 saturated heterocycles. The predicted octanol–water partition coefficient (Wildman–Crippen LogP) is -0.0486. The lowest BCUT2D eigenvalue weighted by Crippen LogP contribution is -2.54. The molecule has 4 rings (SSSR count). The molecule has 0 unspecified atom stereocenters. The fraction of sp³-hybridized carbons (Fsp3) is 0.600. The summed E-state index contributed by atoms with van der Waals surface area (Å²) in [5.41, 5.74) is 0.293. The first-order valence-electron chi connectivity index (χ1n) is 10.3. The van der Waals surface area contributed by atoms with E-state index in [9.17, 15) is 14.4 Å². The lowest BCUT2D eigenvalue weighted by Gasteiger charge is -2.37. The van der Waals surface area contributed by atoms with E-state index in [4.69, 9.17) is 14.2 Å². The third-order valence-electron chi connectivity index (χ3n) is 5.71. The van der Waals surface area contributed by atoms with Crippen molar-refractivity contribution in [2.45, 2.75) is 64.4 Å². The number of H-pyrrole nitrogens is 1. The number of aromatic nitrogens is 4. The molecule has 2 aliphatic heterocycles. The van der Waals surface area contributed by atoms with Crippen molar-refractivity contribution >= 4 is 5.91 Å². The third kappa shape index (κ3) is 4.08. The molecule has 11 heteroatoms. The summed E-state index contributed by atoms with van der Waals surface area (Å²) in [6.07, 6.45) is 1.52. The number of hydrogen-bond acceptors (Lipinski definition) is 7. The topological polar surface area (TPSA) is 129 Å². The summed E-state index contributed by atoms with van der Waals surface area (Å²) in [5.74, 6) is -1.12. The van der Waals surface area contributed by atoms with Gasteiger partial charge in [-0.15, -0.1) is 0 Å². The van der Waals surface area contributed by atoms with Gasteiger partial charge in [0.05, 0.1) is 24.4 Å². The van der Waals surface area contributed by atoms with Gasteiger partial charge >= 0.3 is 5.69 Å². The number of rotatable bonds is 5. The standard InChI is InChI=1S/C20H27N5O6/c1-5-25-11(2)12(8-22-25)18(27)21-9-14-17-16(30-20(3,4)31-17)13(10-29-14)24-7-6-15(26)23-19(24)28/h6-8,13-14,16-17H,5,9-10H2,1-4H3,(H,21,27)(H,23,26,28)/t13-,14-,16+,17-/m1/s1. The van der Waals surface area contributed by atoms with E-state index in [1.807, 2.05) is 13.8 Å². The molecule has 4 atom stereocenters. The second-order valence-corrected chi connectivity index (χ2v) is 8.19. The Morgan fingerprint density at radius 1 is 1.32 bits per heavy atom. The number of hydrogen-bond donors (Lipinski definition) is 2. The highest BCUT2D eigenvalue weighted by molar-refractivity contribution is 5.95. The second kappa shape index (κ2) is 8.06. The average Bonchev–Trinajstić information content (AvgIpc) is 3.24. The molecular formula is C20H27N5O6. The fourth-order valence-corrected chi connectivity index (χ4v) is 4.19. The molecule has 0 bridgehead atoms. The number of nitrogens with one attached hydrogen (secondary N) is 2. The smallest absolute Gasteiger partial charge is 0.328 e. The van der Waals surface area contributed by atoms with Crippen LogP contribution in [0.4, 0.5) is 0 Å². The maximum atomic E-state index is 12.6. The quantitative estimate of drug-likeness (QED) is 0.676. The highest BCUT2D eigenvalue weighted by Crippen LogP contribution is 2.39. The van der Waals surface area contributed by atoms with Crippen LogP contribution in [0.1, 0.15) is 42.9 Å². The highest BCUT2D eigenvalue weighted by Gasteiger charge is 2.52. The van der Waals surface area contributed by atoms with E-state index in [1.54, 1.807) is 24.7 Å². The molecule has 168 valence electrons. The van der Waals surface area contributed by atoms with E-state index in [2.05, 4.69) is 15.4 Å². The normalized spacial score (nSPS) is 27.1. The highest BCUT2D eigenvalue weighted by atomic mass is 16.8. The van der Waals surface area contributed by atoms with E-state index in [-0.39, 0.29) is 19.1 Å². The molecular weight excluding hydrogens is 406 g/mol. The summed E-state index contributed by atoms with van der Waals surface area (Å²) in [4.78, 5) is 38.6. The van der Waals surface area contributed by atoms with E-state index < -0.39 is 41.4 Å². The summed E-state index contributed by atoms with van der Waals surface area (Å²) in [6, 6.07) is 0.802. The van der Waals surface area contributed by atoms with Gasteiger partial charge in [0.1, 0.15) is 18.3 Å². The van der Waals surface area contributed by atoms with E-state index in [1.165, 1.54) is 16.8 Å². The number of nitrogens with zero attached hydrogens (tertiary/aromatic N) is 3. The van der Waals surface area contributed by atoms with Gasteiger partial charge < -0.3 is 19.5 Å². The average molecular weight is 433 g/mol. The molecule has 2 aromatic heterocycles. The van der Waals surface area contributed by atoms with Crippen molar-refractivity contribution in [2.24, 2.45) is 0 Å². The van der Waals surface area contributed by atoms with Crippen LogP contribution >= 0.6 is 0 Å². The number of fused-ring (bicyclic) bond motifs is 1. The molecule has 31 heavy (non-hydrogen) atoms. The molecule has 4 heterocycles. The fourth-order valence-electron chi connectivity index (χ4n) is 4.19. The number of amides is 1. The van der Waals surface area contributed by atoms with Crippen LogP contribution in [0, 0.1) is 6.92 Å². The Balaban J connectivity index is 1.50. The van der Waals surface area contributed by atoms with E-state index >= 15 is 0 Å². The zero-order valence-corrected chi connectivity index (χ0v) is 18.0. The van der Waals surface area contributed by atoms with Gasteiger partial charge in [-0.05, 0) is 27.7 Å². The van der Waals surface area contributed by atoms with E-state index in [0.717, 1.165) is 5.69 Å². The van der Waals surface area contributed by atoms with Gasteiger partial charge in [-0.2, -0.15) is 5.10 Å². The maximum absolute atomic E-state index is 12.6. The first-order valence-corrected chi connectivity index (χ1v) is 10.3. The van der Waals surface area contributed by atoms with Crippen LogP contribution in [0.3, 0.4) is 0 Å². The summed E-state index contributed by atoms with van der Waals surface area (Å²) in [5, 5.41) is 7.09. The molecule has 2 N–H and O–H groups in total. The van der Waals surface area contributed by atoms with Crippen LogP contribution in [0.15, 0.2) is 28.0 Å². The van der Waals surface area contributed by atoms with Crippen LogP contribution in [0.2, 0.25) is 0 Å². The van der Waals surface area contributed by atoms with Gasteiger partial charge in [-0.1, -0.05) is 0 Å². The number of carbonyl (C=O) groups is 1. The first-order chi connectivity index (χ1) is 14.7. The molecule has 1 amide bonds. The van der Waals surface area contributed by atoms with Crippen molar-refractivity contribution in [1.82, 2.24) is 24.6 Å². The Morgan fingerprint density at radius 3 is 2.74 bits per heavy atom. The maximum Gasteiger partial charge on any atom is 0.328 e. The largest absolute Gasteiger partial charge is 0.371 e. The lowest BCUT2D eigenvalue weighted by molar-refractivity contribution is -0.153. The minimum absolute atomic E-state index is 0.167. The van der Waals surface area contributed by atoms with Crippen molar-refractivity contribution < 1.29 is 19.0 Å². The van der Waals surface area contributed by atoms with Gasteiger partial charge in [-0.3, -0.25) is 23.8 Å². The van der Waals surface area contributed by atoms with Crippen molar-refractivity contribution in [3.05, 3.63) is 50.6 Å².